The Morgan fingerprint density at radius 1 is 0.611 bits per heavy atom. The molecule has 3 aliphatic rings. The third-order valence-electron chi connectivity index (χ3n) is 6.32. The first-order valence-corrected chi connectivity index (χ1v) is 8.40. The van der Waals surface area contributed by atoms with Gasteiger partial charge in [0.15, 0.2) is 0 Å². The number of rotatable bonds is 1. The van der Waals surface area contributed by atoms with Crippen molar-refractivity contribution in [3.05, 3.63) is 0 Å². The minimum atomic E-state index is 0.0214. The molecule has 4 atom stereocenters. The summed E-state index contributed by atoms with van der Waals surface area (Å²) in [5, 5.41) is 9.64. The predicted molar refractivity (Wildman–Crippen MR) is 75.3 cm³/mol. The molecule has 0 bridgehead atoms. The molecule has 0 saturated heterocycles. The van der Waals surface area contributed by atoms with Crippen LogP contribution in [0.25, 0.3) is 0 Å². The zero-order valence-corrected chi connectivity index (χ0v) is 12.0. The topological polar surface area (TPSA) is 20.2 Å². The normalized spacial score (nSPS) is 49.7. The Morgan fingerprint density at radius 2 is 1.11 bits per heavy atom. The van der Waals surface area contributed by atoms with Gasteiger partial charge in [0.1, 0.15) is 0 Å². The summed E-state index contributed by atoms with van der Waals surface area (Å²) < 4.78 is 0. The van der Waals surface area contributed by atoms with Gasteiger partial charge in [0.2, 0.25) is 0 Å². The summed E-state index contributed by atoms with van der Waals surface area (Å²) in [4.78, 5) is 0. The Kier molecular flexibility index (Phi) is 3.98. The van der Waals surface area contributed by atoms with E-state index >= 15 is 0 Å². The third-order valence-corrected chi connectivity index (χ3v) is 6.32. The molecule has 4 unspecified atom stereocenters. The van der Waals surface area contributed by atoms with E-state index in [9.17, 15) is 5.11 Å². The van der Waals surface area contributed by atoms with Crippen molar-refractivity contribution in [2.24, 2.45) is 29.6 Å². The minimum absolute atomic E-state index is 0.0214. The highest BCUT2D eigenvalue weighted by atomic mass is 16.3. The maximum atomic E-state index is 9.64. The Bertz CT molecular complexity index is 264. The maximum absolute atomic E-state index is 9.64. The average molecular weight is 250 g/mol. The lowest BCUT2D eigenvalue weighted by atomic mass is 9.61. The van der Waals surface area contributed by atoms with Crippen molar-refractivity contribution in [3.8, 4) is 0 Å². The smallest absolute Gasteiger partial charge is 0.0540 e. The van der Waals surface area contributed by atoms with Crippen LogP contribution in [0.1, 0.15) is 71.1 Å². The molecule has 3 rings (SSSR count). The van der Waals surface area contributed by atoms with Crippen molar-refractivity contribution < 1.29 is 5.11 Å². The molecule has 1 nitrogen and oxygen atoms in total. The van der Waals surface area contributed by atoms with Crippen LogP contribution in [0.4, 0.5) is 0 Å². The summed E-state index contributed by atoms with van der Waals surface area (Å²) in [6, 6.07) is 0. The van der Waals surface area contributed by atoms with Crippen molar-refractivity contribution in [2.75, 3.05) is 0 Å². The van der Waals surface area contributed by atoms with E-state index in [1.165, 1.54) is 51.4 Å². The lowest BCUT2D eigenvalue weighted by molar-refractivity contribution is 0.0433. The highest BCUT2D eigenvalue weighted by Crippen LogP contribution is 2.48. The van der Waals surface area contributed by atoms with Crippen LogP contribution < -0.4 is 0 Å². The van der Waals surface area contributed by atoms with Crippen molar-refractivity contribution >= 4 is 0 Å². The first-order chi connectivity index (χ1) is 8.72. The van der Waals surface area contributed by atoms with Gasteiger partial charge in [0.25, 0.3) is 0 Å². The fourth-order valence-electron chi connectivity index (χ4n) is 5.16. The molecule has 3 fully saturated rings. The predicted octanol–water partition coefficient (Wildman–Crippen LogP) is 4.39. The largest absolute Gasteiger partial charge is 0.393 e. The van der Waals surface area contributed by atoms with E-state index in [-0.39, 0.29) is 6.10 Å². The van der Waals surface area contributed by atoms with Gasteiger partial charge in [-0.3, -0.25) is 0 Å². The van der Waals surface area contributed by atoms with E-state index in [2.05, 4.69) is 6.92 Å². The molecule has 1 heteroatoms. The van der Waals surface area contributed by atoms with Gasteiger partial charge >= 0.3 is 0 Å². The van der Waals surface area contributed by atoms with Crippen LogP contribution in [0.5, 0.6) is 0 Å². The fraction of sp³-hybridized carbons (Fsp3) is 1.00. The van der Waals surface area contributed by atoms with Crippen molar-refractivity contribution in [1.82, 2.24) is 0 Å². The number of aliphatic hydroxyl groups is 1. The molecular weight excluding hydrogens is 220 g/mol. The third kappa shape index (κ3) is 2.76. The second-order valence-corrected chi connectivity index (χ2v) is 7.58. The standard InChI is InChI=1S/C17H30O/c1-12-2-3-16-11-15(5-4-14(16)10-12)13-6-8-17(18)9-7-13/h12-18H,2-11H2,1H3. The first-order valence-electron chi connectivity index (χ1n) is 8.40. The Morgan fingerprint density at radius 3 is 1.83 bits per heavy atom. The van der Waals surface area contributed by atoms with Gasteiger partial charge in [0, 0.05) is 0 Å². The molecule has 3 aliphatic carbocycles. The van der Waals surface area contributed by atoms with Crippen LogP contribution in [0.3, 0.4) is 0 Å². The zero-order valence-electron chi connectivity index (χ0n) is 12.0. The molecule has 18 heavy (non-hydrogen) atoms. The van der Waals surface area contributed by atoms with E-state index < -0.39 is 0 Å². The van der Waals surface area contributed by atoms with Crippen LogP contribution in [0.15, 0.2) is 0 Å². The van der Waals surface area contributed by atoms with E-state index in [0.29, 0.717) is 0 Å². The van der Waals surface area contributed by atoms with Crippen LogP contribution in [0, 0.1) is 29.6 Å². The lowest BCUT2D eigenvalue weighted by Crippen LogP contribution is -2.34. The minimum Gasteiger partial charge on any atom is -0.393 e. The molecule has 0 radical (unpaired) electrons. The molecule has 0 aliphatic heterocycles. The fourth-order valence-corrected chi connectivity index (χ4v) is 5.16. The lowest BCUT2D eigenvalue weighted by Gasteiger charge is -2.44. The van der Waals surface area contributed by atoms with Crippen LogP contribution in [0.2, 0.25) is 0 Å². The number of fused-ring (bicyclic) bond motifs is 1. The molecular formula is C17H30O. The molecule has 3 saturated carbocycles. The van der Waals surface area contributed by atoms with Gasteiger partial charge < -0.3 is 5.11 Å². The Hall–Kier alpha value is -0.0400. The Labute approximate surface area is 112 Å². The van der Waals surface area contributed by atoms with Gasteiger partial charge in [-0.05, 0) is 87.4 Å². The summed E-state index contributed by atoms with van der Waals surface area (Å²) in [5.74, 6) is 5.08. The molecule has 0 amide bonds. The van der Waals surface area contributed by atoms with Crippen LogP contribution >= 0.6 is 0 Å². The summed E-state index contributed by atoms with van der Waals surface area (Å²) in [7, 11) is 0. The van der Waals surface area contributed by atoms with E-state index in [4.69, 9.17) is 0 Å². The monoisotopic (exact) mass is 250 g/mol. The quantitative estimate of drug-likeness (QED) is 0.732. The maximum Gasteiger partial charge on any atom is 0.0540 e. The van der Waals surface area contributed by atoms with Crippen LogP contribution in [-0.2, 0) is 0 Å². The van der Waals surface area contributed by atoms with E-state index in [0.717, 1.165) is 42.4 Å². The highest BCUT2D eigenvalue weighted by molar-refractivity contribution is 4.88. The zero-order chi connectivity index (χ0) is 12.5. The molecule has 0 aromatic carbocycles. The summed E-state index contributed by atoms with van der Waals surface area (Å²) in [6.45, 7) is 2.45. The van der Waals surface area contributed by atoms with Crippen molar-refractivity contribution in [1.29, 1.82) is 0 Å². The molecule has 104 valence electrons. The molecule has 1 N–H and O–H groups in total. The summed E-state index contributed by atoms with van der Waals surface area (Å²) >= 11 is 0. The number of aliphatic hydroxyl groups excluding tert-OH is 1. The molecule has 0 aromatic rings. The molecule has 0 spiro atoms. The SMILES string of the molecule is CC1CCC2CC(C3CCC(O)CC3)CCC2C1. The van der Waals surface area contributed by atoms with Crippen molar-refractivity contribution in [3.63, 3.8) is 0 Å². The summed E-state index contributed by atoms with van der Waals surface area (Å²) in [5.41, 5.74) is 0. The first kappa shape index (κ1) is 13.0. The van der Waals surface area contributed by atoms with Gasteiger partial charge in [-0.1, -0.05) is 13.3 Å². The van der Waals surface area contributed by atoms with E-state index in [1.54, 1.807) is 0 Å². The molecule has 0 aromatic heterocycles. The van der Waals surface area contributed by atoms with Gasteiger partial charge in [-0.25, -0.2) is 0 Å². The van der Waals surface area contributed by atoms with Gasteiger partial charge in [-0.15, -0.1) is 0 Å². The Balaban J connectivity index is 1.54. The van der Waals surface area contributed by atoms with Gasteiger partial charge in [0.05, 0.1) is 6.10 Å². The average Bonchev–Trinajstić information content (AvgIpc) is 2.39. The second-order valence-electron chi connectivity index (χ2n) is 7.58. The molecule has 0 heterocycles. The van der Waals surface area contributed by atoms with E-state index in [1.807, 2.05) is 0 Å². The van der Waals surface area contributed by atoms with Gasteiger partial charge in [-0.2, -0.15) is 0 Å². The number of hydrogen-bond donors (Lipinski definition) is 1. The highest BCUT2D eigenvalue weighted by Gasteiger charge is 2.37. The van der Waals surface area contributed by atoms with Crippen LogP contribution in [-0.4, -0.2) is 11.2 Å². The number of hydrogen-bond acceptors (Lipinski definition) is 1. The summed E-state index contributed by atoms with van der Waals surface area (Å²) in [6.07, 6.45) is 13.8. The second kappa shape index (κ2) is 5.53. The van der Waals surface area contributed by atoms with Crippen molar-refractivity contribution in [2.45, 2.75) is 77.2 Å².